The normalized spacial score (nSPS) is 15.8. The molecule has 0 unspecified atom stereocenters. The summed E-state index contributed by atoms with van der Waals surface area (Å²) >= 11 is 0. The Hall–Kier alpha value is -5.30. The van der Waals surface area contributed by atoms with E-state index in [1.807, 2.05) is 32.1 Å². The molecule has 4 aromatic carbocycles. The van der Waals surface area contributed by atoms with Gasteiger partial charge in [-0.15, -0.1) is 0 Å². The highest BCUT2D eigenvalue weighted by Crippen LogP contribution is 2.40. The van der Waals surface area contributed by atoms with Crippen molar-refractivity contribution in [2.24, 2.45) is 0 Å². The first-order chi connectivity index (χ1) is 19.8. The van der Waals surface area contributed by atoms with Crippen molar-refractivity contribution < 1.29 is 23.9 Å². The van der Waals surface area contributed by atoms with Gasteiger partial charge in [-0.25, -0.2) is 9.80 Å². The standard InChI is InChI=1S/C34H24N2O5/c1-19(2)41-24-9-5-8-23(18-24)36-33(39)27-16-14-25-29-26(15-17-28(30(27)29)34(36)40)32(38)35(31(25)37)22-12-10-21(11-13-22)20-6-3-4-7-20/h3,5-19H,4H2,1-2H3. The van der Waals surface area contributed by atoms with Crippen LogP contribution < -0.4 is 14.5 Å². The van der Waals surface area contributed by atoms with Crippen LogP contribution in [0.5, 0.6) is 5.75 Å². The van der Waals surface area contributed by atoms with Gasteiger partial charge < -0.3 is 4.74 Å². The van der Waals surface area contributed by atoms with Crippen LogP contribution in [0.2, 0.25) is 0 Å². The van der Waals surface area contributed by atoms with Gasteiger partial charge in [0.2, 0.25) is 0 Å². The molecule has 1 aliphatic carbocycles. The molecule has 4 aromatic rings. The maximum Gasteiger partial charge on any atom is 0.265 e. The van der Waals surface area contributed by atoms with Crippen LogP contribution in [0.1, 0.15) is 67.3 Å². The molecule has 0 atom stereocenters. The summed E-state index contributed by atoms with van der Waals surface area (Å²) in [4.78, 5) is 57.2. The highest BCUT2D eigenvalue weighted by atomic mass is 16.5. The molecule has 0 fully saturated rings. The van der Waals surface area contributed by atoms with Crippen LogP contribution in [0.3, 0.4) is 0 Å². The highest BCUT2D eigenvalue weighted by Gasteiger charge is 2.40. The van der Waals surface area contributed by atoms with Gasteiger partial charge in [0.25, 0.3) is 23.6 Å². The van der Waals surface area contributed by atoms with Crippen LogP contribution >= 0.6 is 0 Å². The molecule has 2 aliphatic heterocycles. The number of carbonyl (C=O) groups is 4. The first kappa shape index (κ1) is 24.7. The Balaban J connectivity index is 1.30. The highest BCUT2D eigenvalue weighted by molar-refractivity contribution is 6.42. The number of nitrogens with zero attached hydrogens (tertiary/aromatic N) is 2. The van der Waals surface area contributed by atoms with E-state index >= 15 is 0 Å². The lowest BCUT2D eigenvalue weighted by molar-refractivity contribution is 0.0873. The lowest BCUT2D eigenvalue weighted by atomic mass is 9.85. The lowest BCUT2D eigenvalue weighted by Crippen LogP contribution is -2.43. The average molecular weight is 541 g/mol. The van der Waals surface area contributed by atoms with E-state index in [1.54, 1.807) is 60.7 Å². The second-order valence-corrected chi connectivity index (χ2v) is 10.5. The summed E-state index contributed by atoms with van der Waals surface area (Å²) in [5.41, 5.74) is 3.98. The molecule has 7 nitrogen and oxygen atoms in total. The van der Waals surface area contributed by atoms with Crippen LogP contribution in [0, 0.1) is 0 Å². The van der Waals surface area contributed by atoms with E-state index in [4.69, 9.17) is 4.74 Å². The molecule has 0 spiro atoms. The molecule has 0 saturated heterocycles. The Morgan fingerprint density at radius 3 is 1.68 bits per heavy atom. The number of benzene rings is 4. The van der Waals surface area contributed by atoms with Crippen LogP contribution in [0.15, 0.2) is 91.0 Å². The maximum absolute atomic E-state index is 13.7. The first-order valence-electron chi connectivity index (χ1n) is 13.4. The van der Waals surface area contributed by atoms with Crippen molar-refractivity contribution in [3.8, 4) is 5.75 Å². The van der Waals surface area contributed by atoms with E-state index in [9.17, 15) is 19.2 Å². The number of amides is 4. The minimum Gasteiger partial charge on any atom is -0.491 e. The Bertz CT molecular complexity index is 1830. The third-order valence-corrected chi connectivity index (χ3v) is 7.57. The Labute approximate surface area is 235 Å². The summed E-state index contributed by atoms with van der Waals surface area (Å²) < 4.78 is 5.76. The zero-order valence-electron chi connectivity index (χ0n) is 22.4. The monoisotopic (exact) mass is 540 g/mol. The number of allylic oxidation sites excluding steroid dienone is 4. The molecule has 3 aliphatic rings. The largest absolute Gasteiger partial charge is 0.491 e. The van der Waals surface area contributed by atoms with Gasteiger partial charge in [-0.3, -0.25) is 19.2 Å². The summed E-state index contributed by atoms with van der Waals surface area (Å²) in [6, 6.07) is 20.4. The van der Waals surface area contributed by atoms with Crippen LogP contribution in [0.25, 0.3) is 16.3 Å². The van der Waals surface area contributed by atoms with Crippen molar-refractivity contribution in [2.45, 2.75) is 26.4 Å². The topological polar surface area (TPSA) is 84.0 Å². The van der Waals surface area contributed by atoms with E-state index in [1.165, 1.54) is 0 Å². The first-order valence-corrected chi connectivity index (χ1v) is 13.4. The molecule has 2 heterocycles. The van der Waals surface area contributed by atoms with Gasteiger partial charge in [-0.1, -0.05) is 36.4 Å². The zero-order chi connectivity index (χ0) is 28.4. The van der Waals surface area contributed by atoms with Crippen LogP contribution in [-0.2, 0) is 0 Å². The number of anilines is 2. The van der Waals surface area contributed by atoms with Crippen molar-refractivity contribution in [1.29, 1.82) is 0 Å². The number of rotatable bonds is 5. The Morgan fingerprint density at radius 2 is 1.20 bits per heavy atom. The molecule has 7 rings (SSSR count). The molecule has 0 saturated carbocycles. The van der Waals surface area contributed by atoms with Crippen molar-refractivity contribution in [3.63, 3.8) is 0 Å². The zero-order valence-corrected chi connectivity index (χ0v) is 22.4. The SMILES string of the molecule is CC(C)Oc1cccc(N2C(=O)c3ccc4c5c(ccc(c35)C2=O)C(=O)N(c2ccc(C3=CCC=C3)cc2)C4=O)c1. The summed E-state index contributed by atoms with van der Waals surface area (Å²) in [7, 11) is 0. The van der Waals surface area contributed by atoms with E-state index in [-0.39, 0.29) is 28.4 Å². The van der Waals surface area contributed by atoms with E-state index in [0.717, 1.165) is 27.4 Å². The smallest absolute Gasteiger partial charge is 0.265 e. The number of ether oxygens (including phenoxy) is 1. The van der Waals surface area contributed by atoms with Crippen LogP contribution in [0.4, 0.5) is 11.4 Å². The van der Waals surface area contributed by atoms with E-state index in [0.29, 0.717) is 27.9 Å². The summed E-state index contributed by atoms with van der Waals surface area (Å²) in [6.45, 7) is 3.79. The third-order valence-electron chi connectivity index (χ3n) is 7.57. The number of carbonyl (C=O) groups excluding carboxylic acids is 4. The summed E-state index contributed by atoms with van der Waals surface area (Å²) in [6.07, 6.45) is 7.03. The number of imide groups is 2. The minimum absolute atomic E-state index is 0.0794. The Kier molecular flexibility index (Phi) is 5.50. The van der Waals surface area contributed by atoms with Crippen molar-refractivity contribution in [3.05, 3.63) is 119 Å². The summed E-state index contributed by atoms with van der Waals surface area (Å²) in [5.74, 6) is -1.52. The maximum atomic E-state index is 13.7. The number of hydrogen-bond donors (Lipinski definition) is 0. The fraction of sp³-hybridized carbons (Fsp3) is 0.118. The molecule has 0 aromatic heterocycles. The lowest BCUT2D eigenvalue weighted by Gasteiger charge is -2.32. The van der Waals surface area contributed by atoms with Gasteiger partial charge in [0.15, 0.2) is 0 Å². The van der Waals surface area contributed by atoms with Gasteiger partial charge in [-0.2, -0.15) is 0 Å². The number of hydrogen-bond acceptors (Lipinski definition) is 5. The van der Waals surface area contributed by atoms with E-state index < -0.39 is 23.6 Å². The van der Waals surface area contributed by atoms with Gasteiger partial charge >= 0.3 is 0 Å². The second-order valence-electron chi connectivity index (χ2n) is 10.5. The van der Waals surface area contributed by atoms with Crippen molar-refractivity contribution in [1.82, 2.24) is 0 Å². The fourth-order valence-corrected chi connectivity index (χ4v) is 5.79. The van der Waals surface area contributed by atoms with Gasteiger partial charge in [0.05, 0.1) is 17.5 Å². The molecular formula is C34H24N2O5. The average Bonchev–Trinajstić information content (AvgIpc) is 3.50. The Morgan fingerprint density at radius 1 is 0.659 bits per heavy atom. The van der Waals surface area contributed by atoms with Crippen molar-refractivity contribution in [2.75, 3.05) is 9.80 Å². The van der Waals surface area contributed by atoms with Gasteiger partial charge in [-0.05, 0) is 79.9 Å². The fourth-order valence-electron chi connectivity index (χ4n) is 5.79. The van der Waals surface area contributed by atoms with Gasteiger partial charge in [0, 0.05) is 39.1 Å². The summed E-state index contributed by atoms with van der Waals surface area (Å²) in [5, 5.41) is 0.667. The predicted molar refractivity (Wildman–Crippen MR) is 157 cm³/mol. The third kappa shape index (κ3) is 3.73. The minimum atomic E-state index is -0.527. The quantitative estimate of drug-likeness (QED) is 0.267. The molecule has 4 amide bonds. The van der Waals surface area contributed by atoms with Crippen LogP contribution in [-0.4, -0.2) is 29.7 Å². The molecule has 41 heavy (non-hydrogen) atoms. The van der Waals surface area contributed by atoms with Crippen molar-refractivity contribution >= 4 is 51.3 Å². The second kappa shape index (κ2) is 9.13. The molecular weight excluding hydrogens is 516 g/mol. The molecule has 0 N–H and O–H groups in total. The molecule has 0 bridgehead atoms. The predicted octanol–water partition coefficient (Wildman–Crippen LogP) is 6.57. The molecule has 200 valence electrons. The molecule has 7 heteroatoms. The van der Waals surface area contributed by atoms with E-state index in [2.05, 4.69) is 12.2 Å². The van der Waals surface area contributed by atoms with Gasteiger partial charge in [0.1, 0.15) is 5.75 Å². The molecule has 0 radical (unpaired) electrons.